The lowest BCUT2D eigenvalue weighted by Gasteiger charge is -2.35. The zero-order chi connectivity index (χ0) is 31.4. The molecule has 0 radical (unpaired) electrons. The van der Waals surface area contributed by atoms with Gasteiger partial charge in [-0.2, -0.15) is 5.10 Å². The molecule has 12 nitrogen and oxygen atoms in total. The van der Waals surface area contributed by atoms with Crippen molar-refractivity contribution in [2.75, 3.05) is 72.0 Å². The van der Waals surface area contributed by atoms with E-state index in [1.165, 1.54) is 0 Å². The van der Waals surface area contributed by atoms with Gasteiger partial charge < -0.3 is 29.3 Å². The molecular weight excluding hydrogens is 562 g/mol. The number of aromatic amines is 1. The maximum atomic E-state index is 13.7. The van der Waals surface area contributed by atoms with E-state index in [1.54, 1.807) is 26.2 Å². The largest absolute Gasteiger partial charge is 0.493 e. The summed E-state index contributed by atoms with van der Waals surface area (Å²) in [5.41, 5.74) is 3.80. The first-order chi connectivity index (χ1) is 21.3. The van der Waals surface area contributed by atoms with Crippen LogP contribution in [0.1, 0.15) is 53.5 Å². The van der Waals surface area contributed by atoms with Crippen LogP contribution in [0.25, 0.3) is 10.9 Å². The molecule has 4 heterocycles. The molecule has 0 saturated carbocycles. The Morgan fingerprint density at radius 3 is 2.52 bits per heavy atom. The molecule has 2 aromatic heterocycles. The second-order valence-electron chi connectivity index (χ2n) is 11.7. The first kappa shape index (κ1) is 31.4. The number of hydrogen-bond donors (Lipinski definition) is 2. The van der Waals surface area contributed by atoms with E-state index in [1.807, 2.05) is 19.9 Å². The van der Waals surface area contributed by atoms with Crippen molar-refractivity contribution in [3.63, 3.8) is 0 Å². The van der Waals surface area contributed by atoms with Crippen molar-refractivity contribution in [3.05, 3.63) is 34.6 Å². The Hall–Kier alpha value is -4.06. The van der Waals surface area contributed by atoms with Crippen LogP contribution >= 0.6 is 0 Å². The third-order valence-electron chi connectivity index (χ3n) is 8.85. The molecule has 2 amide bonds. The number of amides is 2. The van der Waals surface area contributed by atoms with Crippen LogP contribution in [-0.4, -0.2) is 104 Å². The minimum absolute atomic E-state index is 0.0413. The highest BCUT2D eigenvalue weighted by Gasteiger charge is 2.28. The van der Waals surface area contributed by atoms with E-state index in [0.29, 0.717) is 67.1 Å². The summed E-state index contributed by atoms with van der Waals surface area (Å²) in [7, 11) is 4.84. The molecule has 0 aliphatic carbocycles. The van der Waals surface area contributed by atoms with Crippen molar-refractivity contribution in [2.45, 2.75) is 46.6 Å². The number of ether oxygens (including phenoxy) is 3. The fraction of sp³-hybridized carbons (Fsp3) is 0.562. The molecule has 1 fully saturated rings. The number of aryl methyl sites for hydroxylation is 2. The second kappa shape index (κ2) is 13.7. The summed E-state index contributed by atoms with van der Waals surface area (Å²) in [4.78, 5) is 38.4. The highest BCUT2D eigenvalue weighted by atomic mass is 16.5. The maximum absolute atomic E-state index is 13.7. The lowest BCUT2D eigenvalue weighted by Crippen LogP contribution is -2.42. The van der Waals surface area contributed by atoms with Crippen LogP contribution in [-0.2, 0) is 11.3 Å². The summed E-state index contributed by atoms with van der Waals surface area (Å²) < 4.78 is 17.2. The van der Waals surface area contributed by atoms with E-state index in [4.69, 9.17) is 19.2 Å². The number of pyridine rings is 1. The molecule has 12 heteroatoms. The van der Waals surface area contributed by atoms with Crippen LogP contribution < -0.4 is 24.4 Å². The summed E-state index contributed by atoms with van der Waals surface area (Å²) in [6.07, 6.45) is 2.29. The average Bonchev–Trinajstić information content (AvgIpc) is 3.38. The molecular formula is C32H45N7O5. The molecule has 2 bridgehead atoms. The molecule has 44 heavy (non-hydrogen) atoms. The van der Waals surface area contributed by atoms with Gasteiger partial charge in [0.25, 0.3) is 5.91 Å². The van der Waals surface area contributed by atoms with E-state index < -0.39 is 0 Å². The molecule has 5 rings (SSSR count). The van der Waals surface area contributed by atoms with Crippen molar-refractivity contribution in [1.82, 2.24) is 30.3 Å². The van der Waals surface area contributed by atoms with Crippen molar-refractivity contribution in [1.29, 1.82) is 0 Å². The van der Waals surface area contributed by atoms with Gasteiger partial charge in [-0.25, -0.2) is 4.98 Å². The van der Waals surface area contributed by atoms with Gasteiger partial charge in [0, 0.05) is 74.9 Å². The lowest BCUT2D eigenvalue weighted by atomic mass is 9.97. The summed E-state index contributed by atoms with van der Waals surface area (Å²) in [6, 6.07) is 4.06. The van der Waals surface area contributed by atoms with E-state index in [9.17, 15) is 9.59 Å². The average molecular weight is 608 g/mol. The van der Waals surface area contributed by atoms with Crippen molar-refractivity contribution < 1.29 is 23.8 Å². The maximum Gasteiger partial charge on any atom is 0.257 e. The van der Waals surface area contributed by atoms with Crippen LogP contribution in [0, 0.1) is 19.8 Å². The highest BCUT2D eigenvalue weighted by Crippen LogP contribution is 2.44. The molecule has 0 spiro atoms. The third kappa shape index (κ3) is 6.40. The second-order valence-corrected chi connectivity index (χ2v) is 11.7. The zero-order valence-corrected chi connectivity index (χ0v) is 26.8. The number of piperidine rings is 1. The Kier molecular flexibility index (Phi) is 9.77. The van der Waals surface area contributed by atoms with E-state index >= 15 is 0 Å². The summed E-state index contributed by atoms with van der Waals surface area (Å²) in [6.45, 7) is 10.9. The minimum Gasteiger partial charge on any atom is -0.493 e. The van der Waals surface area contributed by atoms with E-state index in [2.05, 4.69) is 38.3 Å². The van der Waals surface area contributed by atoms with Crippen LogP contribution in [0.15, 0.2) is 12.1 Å². The smallest absolute Gasteiger partial charge is 0.257 e. The van der Waals surface area contributed by atoms with Gasteiger partial charge >= 0.3 is 0 Å². The fourth-order valence-corrected chi connectivity index (χ4v) is 6.41. The normalized spacial score (nSPS) is 18.7. The van der Waals surface area contributed by atoms with E-state index in [0.717, 1.165) is 60.5 Å². The molecule has 2 N–H and O–H groups in total. The van der Waals surface area contributed by atoms with Crippen molar-refractivity contribution >= 4 is 28.5 Å². The minimum atomic E-state index is -0.109. The van der Waals surface area contributed by atoms with Crippen LogP contribution in [0.4, 0.5) is 5.82 Å². The van der Waals surface area contributed by atoms with Gasteiger partial charge in [0.1, 0.15) is 5.82 Å². The first-order valence-electron chi connectivity index (χ1n) is 15.4. The van der Waals surface area contributed by atoms with Gasteiger partial charge in [-0.3, -0.25) is 19.6 Å². The Bertz CT molecular complexity index is 1490. The number of carbonyl (C=O) groups excluding carboxylic acids is 2. The summed E-state index contributed by atoms with van der Waals surface area (Å²) in [5, 5.41) is 11.1. The number of aromatic nitrogens is 3. The first-order valence-corrected chi connectivity index (χ1v) is 15.4. The molecule has 3 aromatic rings. The number of rotatable bonds is 5. The summed E-state index contributed by atoms with van der Waals surface area (Å²) in [5.74, 6) is 2.74. The van der Waals surface area contributed by atoms with Gasteiger partial charge in [0.15, 0.2) is 11.5 Å². The molecule has 1 saturated heterocycles. The molecule has 2 aliphatic rings. The van der Waals surface area contributed by atoms with Crippen LogP contribution in [0.2, 0.25) is 0 Å². The number of benzene rings is 1. The topological polar surface area (TPSA) is 125 Å². The molecule has 1 atom stereocenters. The van der Waals surface area contributed by atoms with Crippen LogP contribution in [0.3, 0.4) is 0 Å². The van der Waals surface area contributed by atoms with Gasteiger partial charge in [-0.1, -0.05) is 6.92 Å². The number of likely N-dealkylation sites (N-methyl/N-ethyl adjacent to an activating group) is 1. The number of methoxy groups -OCH3 is 3. The Balaban J connectivity index is 1.56. The standard InChI is InChI=1S/C32H45N7O5/c1-7-37-13-14-38(32(41)28-20(2)35-36-21(28)3)12-10-27(40)33-17-22-9-8-11-39(18-22)31-23(19-37)15-24-25(34-31)16-26(42-4)30(44-6)29(24)43-5/h15-16,22H,7-14,17-19H2,1-6H3,(H,33,40)(H,35,36). The molecule has 2 aliphatic heterocycles. The molecule has 238 valence electrons. The lowest BCUT2D eigenvalue weighted by molar-refractivity contribution is -0.121. The number of hydrogen-bond acceptors (Lipinski definition) is 9. The number of fused-ring (bicyclic) bond motifs is 5. The summed E-state index contributed by atoms with van der Waals surface area (Å²) >= 11 is 0. The Morgan fingerprint density at radius 1 is 1.05 bits per heavy atom. The number of H-pyrrole nitrogens is 1. The number of carbonyl (C=O) groups is 2. The van der Waals surface area contributed by atoms with Crippen molar-refractivity contribution in [3.8, 4) is 17.2 Å². The quantitative estimate of drug-likeness (QED) is 0.450. The predicted molar refractivity (Wildman–Crippen MR) is 169 cm³/mol. The van der Waals surface area contributed by atoms with Gasteiger partial charge in [0.2, 0.25) is 11.7 Å². The number of nitrogens with one attached hydrogen (secondary N) is 2. The third-order valence-corrected chi connectivity index (χ3v) is 8.85. The SMILES string of the molecule is CCN1CCN(C(=O)c2c(C)n[nH]c2C)CCC(=O)NCC2CCCN(C2)c2nc3cc(OC)c(OC)c(OC)c3cc2C1. The highest BCUT2D eigenvalue weighted by molar-refractivity contribution is 5.96. The van der Waals surface area contributed by atoms with Crippen molar-refractivity contribution in [2.24, 2.45) is 5.92 Å². The fourth-order valence-electron chi connectivity index (χ4n) is 6.41. The monoisotopic (exact) mass is 607 g/mol. The van der Waals surface area contributed by atoms with Gasteiger partial charge in [0.05, 0.1) is 38.1 Å². The number of nitrogens with zero attached hydrogens (tertiary/aromatic N) is 5. The van der Waals surface area contributed by atoms with Crippen LogP contribution in [0.5, 0.6) is 17.2 Å². The van der Waals surface area contributed by atoms with E-state index in [-0.39, 0.29) is 18.2 Å². The Labute approximate surface area is 259 Å². The Morgan fingerprint density at radius 2 is 1.84 bits per heavy atom. The molecule has 1 aromatic carbocycles. The molecule has 1 unspecified atom stereocenters. The predicted octanol–water partition coefficient (Wildman–Crippen LogP) is 3.30. The van der Waals surface area contributed by atoms with Gasteiger partial charge in [-0.15, -0.1) is 0 Å². The number of anilines is 1. The zero-order valence-electron chi connectivity index (χ0n) is 26.8. The van der Waals surface area contributed by atoms with Gasteiger partial charge in [-0.05, 0) is 45.2 Å².